The molecular weight excluding hydrogens is 278 g/mol. The molecule has 3 rings (SSSR count). The van der Waals surface area contributed by atoms with Gasteiger partial charge in [-0.05, 0) is 35.2 Å². The van der Waals surface area contributed by atoms with Crippen LogP contribution < -0.4 is 10.1 Å². The molecule has 4 nitrogen and oxygen atoms in total. The third-order valence-electron chi connectivity index (χ3n) is 4.06. The van der Waals surface area contributed by atoms with Crippen LogP contribution in [0.5, 0.6) is 5.75 Å². The maximum Gasteiger partial charge on any atom is 0.224 e. The number of fused-ring (bicyclic) bond motifs is 1. The molecule has 0 saturated heterocycles. The van der Waals surface area contributed by atoms with Gasteiger partial charge in [0.25, 0.3) is 0 Å². The third kappa shape index (κ3) is 2.97. The Morgan fingerprint density at radius 3 is 2.64 bits per heavy atom. The fourth-order valence-corrected chi connectivity index (χ4v) is 2.89. The summed E-state index contributed by atoms with van der Waals surface area (Å²) in [4.78, 5) is 12.2. The van der Waals surface area contributed by atoms with Gasteiger partial charge in [-0.25, -0.2) is 0 Å². The van der Waals surface area contributed by atoms with E-state index in [2.05, 4.69) is 5.32 Å². The van der Waals surface area contributed by atoms with E-state index < -0.39 is 6.10 Å². The summed E-state index contributed by atoms with van der Waals surface area (Å²) in [6.45, 7) is 0. The molecule has 0 heterocycles. The van der Waals surface area contributed by atoms with Crippen LogP contribution in [-0.2, 0) is 17.6 Å². The Bertz CT molecular complexity index is 666. The molecule has 0 unspecified atom stereocenters. The second-order valence-electron chi connectivity index (χ2n) is 5.55. The van der Waals surface area contributed by atoms with E-state index >= 15 is 0 Å². The molecule has 1 amide bonds. The summed E-state index contributed by atoms with van der Waals surface area (Å²) < 4.78 is 5.10. The zero-order valence-electron chi connectivity index (χ0n) is 12.5. The van der Waals surface area contributed by atoms with Gasteiger partial charge in [0.05, 0.1) is 25.7 Å². The van der Waals surface area contributed by atoms with E-state index in [1.807, 2.05) is 48.5 Å². The highest BCUT2D eigenvalue weighted by atomic mass is 16.5. The highest BCUT2D eigenvalue weighted by Crippen LogP contribution is 2.31. The fourth-order valence-electron chi connectivity index (χ4n) is 2.89. The minimum atomic E-state index is -0.629. The molecule has 0 fully saturated rings. The van der Waals surface area contributed by atoms with E-state index in [1.54, 1.807) is 7.11 Å². The number of nitrogens with one attached hydrogen (secondary N) is 1. The van der Waals surface area contributed by atoms with Crippen molar-refractivity contribution in [2.75, 3.05) is 7.11 Å². The van der Waals surface area contributed by atoms with Crippen LogP contribution in [0, 0.1) is 0 Å². The molecule has 22 heavy (non-hydrogen) atoms. The maximum absolute atomic E-state index is 12.2. The number of aliphatic hydroxyl groups excluding tert-OH is 1. The summed E-state index contributed by atoms with van der Waals surface area (Å²) in [5, 5.41) is 13.2. The quantitative estimate of drug-likeness (QED) is 0.907. The van der Waals surface area contributed by atoms with Gasteiger partial charge in [-0.2, -0.15) is 0 Å². The van der Waals surface area contributed by atoms with E-state index in [1.165, 1.54) is 0 Å². The third-order valence-corrected chi connectivity index (χ3v) is 4.06. The van der Waals surface area contributed by atoms with Gasteiger partial charge >= 0.3 is 0 Å². The SMILES string of the molecule is COc1ccc(CC(=O)N[C@@H]2Cc3ccccc3[C@H]2O)cc1. The first-order chi connectivity index (χ1) is 10.7. The van der Waals surface area contributed by atoms with E-state index in [-0.39, 0.29) is 11.9 Å². The molecule has 0 saturated carbocycles. The smallest absolute Gasteiger partial charge is 0.224 e. The number of hydrogen-bond donors (Lipinski definition) is 2. The number of hydrogen-bond acceptors (Lipinski definition) is 3. The van der Waals surface area contributed by atoms with Gasteiger partial charge in [0.2, 0.25) is 5.91 Å². The Balaban J connectivity index is 1.61. The van der Waals surface area contributed by atoms with Gasteiger partial charge < -0.3 is 15.2 Å². The summed E-state index contributed by atoms with van der Waals surface area (Å²) in [5.41, 5.74) is 2.94. The monoisotopic (exact) mass is 297 g/mol. The van der Waals surface area contributed by atoms with Gasteiger partial charge in [0.1, 0.15) is 5.75 Å². The average Bonchev–Trinajstić information content (AvgIpc) is 2.84. The molecule has 1 aliphatic rings. The minimum Gasteiger partial charge on any atom is -0.497 e. The van der Waals surface area contributed by atoms with E-state index in [4.69, 9.17) is 4.74 Å². The van der Waals surface area contributed by atoms with Crippen LogP contribution in [0.4, 0.5) is 0 Å². The lowest BCUT2D eigenvalue weighted by atomic mass is 10.1. The van der Waals surface area contributed by atoms with Crippen LogP contribution in [0.25, 0.3) is 0 Å². The van der Waals surface area contributed by atoms with Gasteiger partial charge in [0, 0.05) is 0 Å². The second-order valence-corrected chi connectivity index (χ2v) is 5.55. The maximum atomic E-state index is 12.2. The first-order valence-corrected chi connectivity index (χ1v) is 7.35. The van der Waals surface area contributed by atoms with Crippen LogP contribution in [-0.4, -0.2) is 24.2 Å². The molecule has 0 radical (unpaired) electrons. The second kappa shape index (κ2) is 6.20. The van der Waals surface area contributed by atoms with Crippen molar-refractivity contribution in [2.24, 2.45) is 0 Å². The Morgan fingerprint density at radius 2 is 1.95 bits per heavy atom. The van der Waals surface area contributed by atoms with Crippen molar-refractivity contribution in [3.63, 3.8) is 0 Å². The largest absolute Gasteiger partial charge is 0.497 e. The van der Waals surface area contributed by atoms with Crippen LogP contribution in [0.2, 0.25) is 0 Å². The van der Waals surface area contributed by atoms with E-state index in [9.17, 15) is 9.90 Å². The zero-order valence-corrected chi connectivity index (χ0v) is 12.5. The normalized spacial score (nSPS) is 19.5. The number of ether oxygens (including phenoxy) is 1. The molecule has 2 N–H and O–H groups in total. The van der Waals surface area contributed by atoms with Crippen LogP contribution in [0.3, 0.4) is 0 Å². The summed E-state index contributed by atoms with van der Waals surface area (Å²) >= 11 is 0. The average molecular weight is 297 g/mol. The lowest BCUT2D eigenvalue weighted by Gasteiger charge is -2.17. The molecule has 2 aromatic rings. The van der Waals surface area contributed by atoms with Crippen molar-refractivity contribution >= 4 is 5.91 Å². The highest BCUT2D eigenvalue weighted by molar-refractivity contribution is 5.79. The number of amides is 1. The van der Waals surface area contributed by atoms with Gasteiger partial charge in [0.15, 0.2) is 0 Å². The molecular formula is C18H19NO3. The minimum absolute atomic E-state index is 0.0815. The van der Waals surface area contributed by atoms with Crippen molar-refractivity contribution in [1.82, 2.24) is 5.32 Å². The van der Waals surface area contributed by atoms with Crippen molar-refractivity contribution in [1.29, 1.82) is 0 Å². The summed E-state index contributed by atoms with van der Waals surface area (Å²) in [6.07, 6.45) is 0.339. The Hall–Kier alpha value is -2.33. The first-order valence-electron chi connectivity index (χ1n) is 7.35. The van der Waals surface area contributed by atoms with Crippen LogP contribution in [0.15, 0.2) is 48.5 Å². The summed E-state index contributed by atoms with van der Waals surface area (Å²) in [7, 11) is 1.61. The lowest BCUT2D eigenvalue weighted by molar-refractivity contribution is -0.121. The zero-order chi connectivity index (χ0) is 15.5. The number of carbonyl (C=O) groups is 1. The van der Waals surface area contributed by atoms with Gasteiger partial charge in [-0.15, -0.1) is 0 Å². The number of benzene rings is 2. The molecule has 114 valence electrons. The predicted octanol–water partition coefficient (Wildman–Crippen LogP) is 2.01. The van der Waals surface area contributed by atoms with Gasteiger partial charge in [-0.3, -0.25) is 4.79 Å². The highest BCUT2D eigenvalue weighted by Gasteiger charge is 2.31. The summed E-state index contributed by atoms with van der Waals surface area (Å²) in [6, 6.07) is 14.9. The molecule has 0 aromatic heterocycles. The van der Waals surface area contributed by atoms with Crippen molar-refractivity contribution < 1.29 is 14.6 Å². The van der Waals surface area contributed by atoms with Crippen LogP contribution >= 0.6 is 0 Å². The van der Waals surface area contributed by atoms with Crippen LogP contribution in [0.1, 0.15) is 22.8 Å². The fraction of sp³-hybridized carbons (Fsp3) is 0.278. The van der Waals surface area contributed by atoms with E-state index in [0.29, 0.717) is 12.8 Å². The Morgan fingerprint density at radius 1 is 1.23 bits per heavy atom. The molecule has 0 aliphatic heterocycles. The molecule has 1 aliphatic carbocycles. The molecule has 0 bridgehead atoms. The standard InChI is InChI=1S/C18H19NO3/c1-22-14-8-6-12(7-9-14)10-17(20)19-16-11-13-4-2-3-5-15(13)18(16)21/h2-9,16,18,21H,10-11H2,1H3,(H,19,20)/t16-,18-/m1/s1. The number of rotatable bonds is 4. The lowest BCUT2D eigenvalue weighted by Crippen LogP contribution is -2.38. The Labute approximate surface area is 129 Å². The molecule has 2 atom stereocenters. The topological polar surface area (TPSA) is 58.6 Å². The Kier molecular flexibility index (Phi) is 4.11. The predicted molar refractivity (Wildman–Crippen MR) is 83.7 cm³/mol. The molecule has 4 heteroatoms. The number of methoxy groups -OCH3 is 1. The van der Waals surface area contributed by atoms with Crippen molar-refractivity contribution in [3.8, 4) is 5.75 Å². The summed E-state index contributed by atoms with van der Waals surface area (Å²) in [5.74, 6) is 0.688. The van der Waals surface area contributed by atoms with Crippen molar-refractivity contribution in [3.05, 3.63) is 65.2 Å². The van der Waals surface area contributed by atoms with Gasteiger partial charge in [-0.1, -0.05) is 36.4 Å². The number of aliphatic hydroxyl groups is 1. The number of carbonyl (C=O) groups excluding carboxylic acids is 1. The van der Waals surface area contributed by atoms with Crippen molar-refractivity contribution in [2.45, 2.75) is 25.0 Å². The first kappa shape index (κ1) is 14.6. The van der Waals surface area contributed by atoms with E-state index in [0.717, 1.165) is 22.4 Å². The molecule has 0 spiro atoms. The molecule has 2 aromatic carbocycles.